The number of carbonyl (C=O) groups is 2. The van der Waals surface area contributed by atoms with E-state index >= 15 is 0 Å². The van der Waals surface area contributed by atoms with Crippen LogP contribution in [-0.2, 0) is 14.3 Å². The maximum absolute atomic E-state index is 11.4. The van der Waals surface area contributed by atoms with Crippen molar-refractivity contribution in [3.8, 4) is 0 Å². The standard InChI is InChI=1S/C10H14O4/c1-2-6-14-10(13)8-5-3-4-7(8)9(11)12/h2,7-8H,1,3-6H2,(H,11,12)/t7-,8+/m0/s1. The summed E-state index contributed by atoms with van der Waals surface area (Å²) in [7, 11) is 0. The second-order valence-electron chi connectivity index (χ2n) is 3.40. The second kappa shape index (κ2) is 4.79. The fraction of sp³-hybridized carbons (Fsp3) is 0.600. The van der Waals surface area contributed by atoms with E-state index in [9.17, 15) is 9.59 Å². The molecule has 4 heteroatoms. The quantitative estimate of drug-likeness (QED) is 0.545. The van der Waals surface area contributed by atoms with Gasteiger partial charge in [-0.3, -0.25) is 9.59 Å². The Balaban J connectivity index is 2.53. The molecule has 0 bridgehead atoms. The molecule has 0 amide bonds. The fourth-order valence-corrected chi connectivity index (χ4v) is 1.79. The van der Waals surface area contributed by atoms with Gasteiger partial charge in [0.05, 0.1) is 11.8 Å². The minimum atomic E-state index is -0.900. The molecule has 1 saturated carbocycles. The number of esters is 1. The van der Waals surface area contributed by atoms with Crippen molar-refractivity contribution in [2.45, 2.75) is 19.3 Å². The third-order valence-electron chi connectivity index (χ3n) is 2.48. The van der Waals surface area contributed by atoms with Crippen LogP contribution in [0.4, 0.5) is 0 Å². The van der Waals surface area contributed by atoms with Crippen LogP contribution in [0.15, 0.2) is 12.7 Å². The van der Waals surface area contributed by atoms with Gasteiger partial charge in [-0.15, -0.1) is 0 Å². The second-order valence-corrected chi connectivity index (χ2v) is 3.40. The van der Waals surface area contributed by atoms with Gasteiger partial charge in [-0.2, -0.15) is 0 Å². The first-order valence-corrected chi connectivity index (χ1v) is 4.67. The lowest BCUT2D eigenvalue weighted by Crippen LogP contribution is -2.26. The summed E-state index contributed by atoms with van der Waals surface area (Å²) >= 11 is 0. The lowest BCUT2D eigenvalue weighted by atomic mass is 9.96. The van der Waals surface area contributed by atoms with Crippen LogP contribution in [0.1, 0.15) is 19.3 Å². The molecular weight excluding hydrogens is 184 g/mol. The highest BCUT2D eigenvalue weighted by molar-refractivity contribution is 5.81. The van der Waals surface area contributed by atoms with Crippen LogP contribution in [0.3, 0.4) is 0 Å². The molecule has 0 aliphatic heterocycles. The molecule has 0 heterocycles. The SMILES string of the molecule is C=CCOC(=O)[C@@H]1CCC[C@@H]1C(=O)O. The molecule has 0 radical (unpaired) electrons. The third-order valence-corrected chi connectivity index (χ3v) is 2.48. The average molecular weight is 198 g/mol. The highest BCUT2D eigenvalue weighted by atomic mass is 16.5. The van der Waals surface area contributed by atoms with Crippen molar-refractivity contribution in [3.05, 3.63) is 12.7 Å². The third kappa shape index (κ3) is 2.34. The van der Waals surface area contributed by atoms with Gasteiger partial charge in [-0.25, -0.2) is 0 Å². The number of carbonyl (C=O) groups excluding carboxylic acids is 1. The van der Waals surface area contributed by atoms with Crippen LogP contribution in [0.25, 0.3) is 0 Å². The van der Waals surface area contributed by atoms with Crippen molar-refractivity contribution in [1.82, 2.24) is 0 Å². The van der Waals surface area contributed by atoms with E-state index < -0.39 is 23.8 Å². The van der Waals surface area contributed by atoms with Crippen molar-refractivity contribution < 1.29 is 19.4 Å². The van der Waals surface area contributed by atoms with E-state index in [0.29, 0.717) is 12.8 Å². The molecule has 1 fully saturated rings. The Bertz CT molecular complexity index is 247. The largest absolute Gasteiger partial charge is 0.481 e. The molecule has 78 valence electrons. The fourth-order valence-electron chi connectivity index (χ4n) is 1.79. The van der Waals surface area contributed by atoms with Crippen molar-refractivity contribution >= 4 is 11.9 Å². The van der Waals surface area contributed by atoms with Crippen LogP contribution in [0, 0.1) is 11.8 Å². The average Bonchev–Trinajstić information content (AvgIpc) is 2.62. The van der Waals surface area contributed by atoms with Gasteiger partial charge in [0, 0.05) is 0 Å². The molecule has 0 aromatic heterocycles. The van der Waals surface area contributed by atoms with Gasteiger partial charge in [0.2, 0.25) is 0 Å². The normalized spacial score (nSPS) is 25.7. The number of carboxylic acid groups (broad SMARTS) is 1. The van der Waals surface area contributed by atoms with Crippen LogP contribution in [0.2, 0.25) is 0 Å². The maximum atomic E-state index is 11.4. The number of hydrogen-bond donors (Lipinski definition) is 1. The topological polar surface area (TPSA) is 63.6 Å². The van der Waals surface area contributed by atoms with Gasteiger partial charge in [0.25, 0.3) is 0 Å². The molecule has 0 unspecified atom stereocenters. The van der Waals surface area contributed by atoms with Crippen LogP contribution in [-0.4, -0.2) is 23.7 Å². The molecule has 2 atom stereocenters. The summed E-state index contributed by atoms with van der Waals surface area (Å²) in [6, 6.07) is 0. The van der Waals surface area contributed by atoms with Gasteiger partial charge in [-0.05, 0) is 12.8 Å². The monoisotopic (exact) mass is 198 g/mol. The minimum absolute atomic E-state index is 0.154. The number of carboxylic acids is 1. The van der Waals surface area contributed by atoms with Crippen molar-refractivity contribution in [1.29, 1.82) is 0 Å². The van der Waals surface area contributed by atoms with Crippen molar-refractivity contribution in [2.24, 2.45) is 11.8 Å². The Morgan fingerprint density at radius 3 is 2.64 bits per heavy atom. The van der Waals surface area contributed by atoms with Crippen LogP contribution in [0.5, 0.6) is 0 Å². The summed E-state index contributed by atoms with van der Waals surface area (Å²) in [4.78, 5) is 22.1. The molecule has 1 aliphatic rings. The molecule has 1 rings (SSSR count). The predicted octanol–water partition coefficient (Wildman–Crippen LogP) is 1.22. The molecule has 1 aliphatic carbocycles. The molecule has 0 spiro atoms. The van der Waals surface area contributed by atoms with E-state index in [4.69, 9.17) is 9.84 Å². The first kappa shape index (κ1) is 10.8. The van der Waals surface area contributed by atoms with E-state index in [1.54, 1.807) is 0 Å². The van der Waals surface area contributed by atoms with E-state index in [2.05, 4.69) is 6.58 Å². The summed E-state index contributed by atoms with van der Waals surface area (Å²) in [6.07, 6.45) is 3.45. The number of ether oxygens (including phenoxy) is 1. The van der Waals surface area contributed by atoms with Crippen LogP contribution < -0.4 is 0 Å². The van der Waals surface area contributed by atoms with Crippen molar-refractivity contribution in [2.75, 3.05) is 6.61 Å². The molecule has 0 aromatic carbocycles. The minimum Gasteiger partial charge on any atom is -0.481 e. The van der Waals surface area contributed by atoms with Crippen molar-refractivity contribution in [3.63, 3.8) is 0 Å². The van der Waals surface area contributed by atoms with Gasteiger partial charge in [0.15, 0.2) is 0 Å². The predicted molar refractivity (Wildman–Crippen MR) is 49.6 cm³/mol. The number of hydrogen-bond acceptors (Lipinski definition) is 3. The molecule has 0 aromatic rings. The smallest absolute Gasteiger partial charge is 0.310 e. The lowest BCUT2D eigenvalue weighted by Gasteiger charge is -2.13. The number of rotatable bonds is 4. The zero-order valence-electron chi connectivity index (χ0n) is 7.94. The van der Waals surface area contributed by atoms with E-state index in [1.165, 1.54) is 6.08 Å². The van der Waals surface area contributed by atoms with Crippen LogP contribution >= 0.6 is 0 Å². The lowest BCUT2D eigenvalue weighted by molar-refractivity contribution is -0.155. The van der Waals surface area contributed by atoms with E-state index in [0.717, 1.165) is 6.42 Å². The van der Waals surface area contributed by atoms with Gasteiger partial charge in [0.1, 0.15) is 6.61 Å². The summed E-state index contributed by atoms with van der Waals surface area (Å²) < 4.78 is 4.84. The zero-order chi connectivity index (χ0) is 10.6. The molecule has 14 heavy (non-hydrogen) atoms. The highest BCUT2D eigenvalue weighted by Crippen LogP contribution is 2.32. The highest BCUT2D eigenvalue weighted by Gasteiger charge is 2.38. The van der Waals surface area contributed by atoms with E-state index in [-0.39, 0.29) is 6.61 Å². The summed E-state index contributed by atoms with van der Waals surface area (Å²) in [5.41, 5.74) is 0. The summed E-state index contributed by atoms with van der Waals surface area (Å²) in [5, 5.41) is 8.83. The Kier molecular flexibility index (Phi) is 3.68. The Labute approximate surface area is 82.6 Å². The molecular formula is C10H14O4. The Morgan fingerprint density at radius 2 is 2.07 bits per heavy atom. The molecule has 4 nitrogen and oxygen atoms in total. The zero-order valence-corrected chi connectivity index (χ0v) is 7.94. The summed E-state index contributed by atoms with van der Waals surface area (Å²) in [6.45, 7) is 3.57. The molecule has 0 saturated heterocycles. The van der Waals surface area contributed by atoms with Gasteiger partial charge >= 0.3 is 11.9 Å². The Hall–Kier alpha value is -1.32. The number of aliphatic carboxylic acids is 1. The first-order valence-electron chi connectivity index (χ1n) is 4.67. The first-order chi connectivity index (χ1) is 6.66. The maximum Gasteiger partial charge on any atom is 0.310 e. The van der Waals surface area contributed by atoms with Gasteiger partial charge < -0.3 is 9.84 Å². The van der Waals surface area contributed by atoms with E-state index in [1.807, 2.05) is 0 Å². The summed E-state index contributed by atoms with van der Waals surface area (Å²) in [5.74, 6) is -2.34. The van der Waals surface area contributed by atoms with Gasteiger partial charge in [-0.1, -0.05) is 19.1 Å². The molecule has 1 N–H and O–H groups in total. The Morgan fingerprint density at radius 1 is 1.43 bits per heavy atom.